The van der Waals surface area contributed by atoms with E-state index in [1.165, 1.54) is 11.3 Å². The summed E-state index contributed by atoms with van der Waals surface area (Å²) >= 11 is 2.94. The van der Waals surface area contributed by atoms with E-state index in [9.17, 15) is 9.90 Å². The number of aryl methyl sites for hydroxylation is 2. The third kappa shape index (κ3) is 5.03. The van der Waals surface area contributed by atoms with Gasteiger partial charge in [0.15, 0.2) is 4.34 Å². The molecule has 1 fully saturated rings. The second kappa shape index (κ2) is 9.29. The third-order valence-electron chi connectivity index (χ3n) is 5.08. The number of aromatic nitrogens is 4. The highest BCUT2D eigenvalue weighted by atomic mass is 32.2. The molecule has 3 aromatic rings. The van der Waals surface area contributed by atoms with Crippen LogP contribution in [0.1, 0.15) is 34.6 Å². The Hall–Kier alpha value is -2.56. The van der Waals surface area contributed by atoms with Crippen molar-refractivity contribution in [3.8, 4) is 16.9 Å². The zero-order valence-corrected chi connectivity index (χ0v) is 19.1. The first-order valence-electron chi connectivity index (χ1n) is 9.86. The van der Waals surface area contributed by atoms with E-state index in [4.69, 9.17) is 4.74 Å². The highest BCUT2D eigenvalue weighted by molar-refractivity contribution is 8.01. The molecule has 1 amide bonds. The number of nitrogens with zero attached hydrogens (tertiary/aromatic N) is 4. The molecule has 0 aliphatic heterocycles. The van der Waals surface area contributed by atoms with Crippen molar-refractivity contribution in [2.45, 2.75) is 37.1 Å². The molecule has 162 valence electrons. The molecule has 0 unspecified atom stereocenters. The summed E-state index contributed by atoms with van der Waals surface area (Å²) in [6, 6.07) is 3.75. The summed E-state index contributed by atoms with van der Waals surface area (Å²) in [5.74, 6) is 1.68. The van der Waals surface area contributed by atoms with Gasteiger partial charge in [-0.1, -0.05) is 23.1 Å². The average molecular weight is 458 g/mol. The number of nitrogens with one attached hydrogen (secondary N) is 1. The quantitative estimate of drug-likeness (QED) is 0.408. The van der Waals surface area contributed by atoms with E-state index >= 15 is 0 Å². The molecule has 3 aromatic heterocycles. The van der Waals surface area contributed by atoms with Crippen LogP contribution in [0.3, 0.4) is 0 Å². The van der Waals surface area contributed by atoms with Crippen LogP contribution in [0.5, 0.6) is 5.75 Å². The minimum absolute atomic E-state index is 0.157. The molecule has 0 radical (unpaired) electrons. The van der Waals surface area contributed by atoms with Gasteiger partial charge in [-0.05, 0) is 44.7 Å². The Balaban J connectivity index is 1.53. The highest BCUT2D eigenvalue weighted by Gasteiger charge is 2.27. The Kier molecular flexibility index (Phi) is 6.49. The first-order chi connectivity index (χ1) is 14.9. The SMILES string of the molecule is COc1cnc(C)cc1-c1cc(C)ncc1C(=O)Nc1nnc(SCC2CC(O)C2)s1. The fourth-order valence-corrected chi connectivity index (χ4v) is 5.29. The lowest BCUT2D eigenvalue weighted by atomic mass is 9.84. The summed E-state index contributed by atoms with van der Waals surface area (Å²) in [5.41, 5.74) is 3.53. The number of aliphatic hydroxyl groups is 1. The van der Waals surface area contributed by atoms with Crippen molar-refractivity contribution in [1.82, 2.24) is 20.2 Å². The van der Waals surface area contributed by atoms with Crippen LogP contribution in [0.15, 0.2) is 28.9 Å². The molecule has 10 heteroatoms. The Morgan fingerprint density at radius 1 is 1.19 bits per heavy atom. The summed E-state index contributed by atoms with van der Waals surface area (Å²) < 4.78 is 6.26. The number of ether oxygens (including phenoxy) is 1. The van der Waals surface area contributed by atoms with Crippen molar-refractivity contribution >= 4 is 34.1 Å². The molecular weight excluding hydrogens is 434 g/mol. The molecule has 31 heavy (non-hydrogen) atoms. The van der Waals surface area contributed by atoms with Gasteiger partial charge in [0.25, 0.3) is 5.91 Å². The molecule has 3 heterocycles. The molecular formula is C21H23N5O3S2. The van der Waals surface area contributed by atoms with Crippen molar-refractivity contribution in [1.29, 1.82) is 0 Å². The maximum atomic E-state index is 13.1. The Labute approximate surface area is 188 Å². The molecule has 0 saturated heterocycles. The smallest absolute Gasteiger partial charge is 0.259 e. The molecule has 1 saturated carbocycles. The third-order valence-corrected chi connectivity index (χ3v) is 7.28. The summed E-state index contributed by atoms with van der Waals surface area (Å²) in [6.07, 6.45) is 4.74. The fraction of sp³-hybridized carbons (Fsp3) is 0.381. The van der Waals surface area contributed by atoms with Gasteiger partial charge in [0, 0.05) is 34.5 Å². The first kappa shape index (κ1) is 21.7. The van der Waals surface area contributed by atoms with E-state index in [0.717, 1.165) is 45.4 Å². The normalized spacial score (nSPS) is 17.8. The number of pyridine rings is 2. The van der Waals surface area contributed by atoms with E-state index in [1.54, 1.807) is 31.3 Å². The summed E-state index contributed by atoms with van der Waals surface area (Å²) in [5, 5.41) is 20.9. The minimum Gasteiger partial charge on any atom is -0.494 e. The number of carbonyl (C=O) groups is 1. The molecule has 0 bridgehead atoms. The van der Waals surface area contributed by atoms with Gasteiger partial charge in [-0.3, -0.25) is 20.1 Å². The monoisotopic (exact) mass is 457 g/mol. The summed E-state index contributed by atoms with van der Waals surface area (Å²) in [6.45, 7) is 3.77. The van der Waals surface area contributed by atoms with E-state index in [1.807, 2.05) is 26.0 Å². The van der Waals surface area contributed by atoms with Crippen molar-refractivity contribution in [2.24, 2.45) is 5.92 Å². The number of rotatable bonds is 7. The predicted molar refractivity (Wildman–Crippen MR) is 121 cm³/mol. The van der Waals surface area contributed by atoms with Crippen molar-refractivity contribution < 1.29 is 14.6 Å². The van der Waals surface area contributed by atoms with Crippen LogP contribution in [-0.2, 0) is 0 Å². The Bertz CT molecular complexity index is 1100. The average Bonchev–Trinajstić information content (AvgIpc) is 3.17. The minimum atomic E-state index is -0.311. The predicted octanol–water partition coefficient (Wildman–Crippen LogP) is 3.74. The van der Waals surface area contributed by atoms with Crippen molar-refractivity contribution in [3.63, 3.8) is 0 Å². The topological polar surface area (TPSA) is 110 Å². The lowest BCUT2D eigenvalue weighted by Crippen LogP contribution is -2.29. The van der Waals surface area contributed by atoms with Crippen molar-refractivity contribution in [3.05, 3.63) is 41.5 Å². The van der Waals surface area contributed by atoms with Crippen molar-refractivity contribution in [2.75, 3.05) is 18.2 Å². The Morgan fingerprint density at radius 2 is 1.90 bits per heavy atom. The van der Waals surface area contributed by atoms with Crippen LogP contribution >= 0.6 is 23.1 Å². The lowest BCUT2D eigenvalue weighted by molar-refractivity contribution is 0.0533. The molecule has 1 aliphatic carbocycles. The second-order valence-electron chi connectivity index (χ2n) is 7.53. The van der Waals surface area contributed by atoms with E-state index < -0.39 is 0 Å². The fourth-order valence-electron chi connectivity index (χ4n) is 3.39. The van der Waals surface area contributed by atoms with E-state index in [2.05, 4.69) is 25.5 Å². The number of amides is 1. The van der Waals surface area contributed by atoms with Gasteiger partial charge in [0.2, 0.25) is 5.13 Å². The van der Waals surface area contributed by atoms with Crippen LogP contribution in [0.4, 0.5) is 5.13 Å². The lowest BCUT2D eigenvalue weighted by Gasteiger charge is -2.30. The van der Waals surface area contributed by atoms with Crippen LogP contribution in [-0.4, -0.2) is 50.1 Å². The molecule has 1 aliphatic rings. The van der Waals surface area contributed by atoms with Gasteiger partial charge in [0.1, 0.15) is 5.75 Å². The van der Waals surface area contributed by atoms with Gasteiger partial charge < -0.3 is 9.84 Å². The molecule has 0 atom stereocenters. The van der Waals surface area contributed by atoms with Gasteiger partial charge in [-0.25, -0.2) is 0 Å². The zero-order valence-electron chi connectivity index (χ0n) is 17.5. The Morgan fingerprint density at radius 3 is 2.61 bits per heavy atom. The number of aliphatic hydroxyl groups excluding tert-OH is 1. The van der Waals surface area contributed by atoms with Crippen LogP contribution in [0.2, 0.25) is 0 Å². The van der Waals surface area contributed by atoms with Crippen LogP contribution < -0.4 is 10.1 Å². The number of thioether (sulfide) groups is 1. The number of methoxy groups -OCH3 is 1. The van der Waals surface area contributed by atoms with Gasteiger partial charge in [0.05, 0.1) is 25.0 Å². The summed E-state index contributed by atoms with van der Waals surface area (Å²) in [4.78, 5) is 21.6. The zero-order chi connectivity index (χ0) is 22.0. The second-order valence-corrected chi connectivity index (χ2v) is 9.77. The standard InChI is InChI=1S/C21H23N5O3S2/c1-11-4-15(16-5-12(2)23-9-18(16)29-3)17(8-22-11)19(28)24-20-25-26-21(31-20)30-10-13-6-14(27)7-13/h4-5,8-9,13-14,27H,6-7,10H2,1-3H3,(H,24,25,28). The van der Waals surface area contributed by atoms with Gasteiger partial charge in [-0.15, -0.1) is 10.2 Å². The molecule has 0 aromatic carbocycles. The van der Waals surface area contributed by atoms with Crippen LogP contribution in [0.25, 0.3) is 11.1 Å². The number of hydrogen-bond donors (Lipinski definition) is 2. The molecule has 0 spiro atoms. The van der Waals surface area contributed by atoms with E-state index in [-0.39, 0.29) is 12.0 Å². The van der Waals surface area contributed by atoms with Gasteiger partial charge in [-0.2, -0.15) is 0 Å². The van der Waals surface area contributed by atoms with Gasteiger partial charge >= 0.3 is 0 Å². The number of carbonyl (C=O) groups excluding carboxylic acids is 1. The van der Waals surface area contributed by atoms with Crippen LogP contribution in [0, 0.1) is 19.8 Å². The molecule has 4 rings (SSSR count). The maximum Gasteiger partial charge on any atom is 0.259 e. The van der Waals surface area contributed by atoms with E-state index in [0.29, 0.717) is 22.4 Å². The molecule has 8 nitrogen and oxygen atoms in total. The molecule has 2 N–H and O–H groups in total. The number of hydrogen-bond acceptors (Lipinski definition) is 9. The first-order valence-corrected chi connectivity index (χ1v) is 11.7. The summed E-state index contributed by atoms with van der Waals surface area (Å²) in [7, 11) is 1.58. The largest absolute Gasteiger partial charge is 0.494 e. The highest BCUT2D eigenvalue weighted by Crippen LogP contribution is 2.36. The number of anilines is 1. The maximum absolute atomic E-state index is 13.1.